The van der Waals surface area contributed by atoms with E-state index >= 15 is 0 Å². The van der Waals surface area contributed by atoms with Gasteiger partial charge in [-0.05, 0) is 20.4 Å². The molecule has 4 heteroatoms. The van der Waals surface area contributed by atoms with E-state index in [0.717, 1.165) is 13.0 Å². The summed E-state index contributed by atoms with van der Waals surface area (Å²) in [5.41, 5.74) is 6.96. The fourth-order valence-electron chi connectivity index (χ4n) is 1.86. The van der Waals surface area contributed by atoms with E-state index in [0.29, 0.717) is 12.6 Å². The van der Waals surface area contributed by atoms with Crippen molar-refractivity contribution in [3.05, 3.63) is 15.6 Å². The van der Waals surface area contributed by atoms with Gasteiger partial charge in [-0.15, -0.1) is 11.3 Å². The van der Waals surface area contributed by atoms with Crippen LogP contribution in [0.25, 0.3) is 0 Å². The molecule has 1 atom stereocenters. The van der Waals surface area contributed by atoms with Crippen molar-refractivity contribution in [2.24, 2.45) is 5.73 Å². The summed E-state index contributed by atoms with van der Waals surface area (Å²) in [4.78, 5) is 8.28. The van der Waals surface area contributed by atoms with E-state index in [1.807, 2.05) is 11.3 Å². The number of hydrogen-bond acceptors (Lipinski definition) is 4. The predicted octanol–water partition coefficient (Wildman–Crippen LogP) is 0.939. The molecule has 1 unspecified atom stereocenters. The Morgan fingerprint density at radius 2 is 2.46 bits per heavy atom. The van der Waals surface area contributed by atoms with Crippen LogP contribution in [0.3, 0.4) is 0 Å². The Morgan fingerprint density at radius 3 is 3.15 bits per heavy atom. The minimum absolute atomic E-state index is 0.341. The zero-order valence-electron chi connectivity index (χ0n) is 8.08. The van der Waals surface area contributed by atoms with E-state index < -0.39 is 0 Å². The second-order valence-electron chi connectivity index (χ2n) is 3.52. The number of rotatable bonds is 1. The van der Waals surface area contributed by atoms with E-state index in [-0.39, 0.29) is 0 Å². The highest BCUT2D eigenvalue weighted by atomic mass is 32.1. The number of hydrogen-bond donors (Lipinski definition) is 1. The molecule has 1 aromatic heterocycles. The molecule has 2 heterocycles. The third-order valence-corrected chi connectivity index (χ3v) is 3.64. The number of aryl methyl sites for hydroxylation is 1. The van der Waals surface area contributed by atoms with Gasteiger partial charge in [0.05, 0.1) is 16.7 Å². The number of thiazole rings is 1. The van der Waals surface area contributed by atoms with Crippen LogP contribution in [-0.4, -0.2) is 30.0 Å². The SMILES string of the molecule is Cc1nc2c(s1)CCN(C)C2CN. The van der Waals surface area contributed by atoms with Gasteiger partial charge < -0.3 is 5.73 Å². The minimum Gasteiger partial charge on any atom is -0.329 e. The first kappa shape index (κ1) is 9.12. The zero-order valence-corrected chi connectivity index (χ0v) is 8.90. The van der Waals surface area contributed by atoms with Crippen LogP contribution in [0, 0.1) is 6.92 Å². The van der Waals surface area contributed by atoms with E-state index in [2.05, 4.69) is 23.9 Å². The fraction of sp³-hybridized carbons (Fsp3) is 0.667. The summed E-state index contributed by atoms with van der Waals surface area (Å²) < 4.78 is 0. The predicted molar refractivity (Wildman–Crippen MR) is 55.0 cm³/mol. The Kier molecular flexibility index (Phi) is 2.36. The second-order valence-corrected chi connectivity index (χ2v) is 4.81. The van der Waals surface area contributed by atoms with Gasteiger partial charge in [0.25, 0.3) is 0 Å². The number of aromatic nitrogens is 1. The number of fused-ring (bicyclic) bond motifs is 1. The molecule has 0 amide bonds. The molecule has 0 saturated carbocycles. The van der Waals surface area contributed by atoms with Crippen LogP contribution in [0.15, 0.2) is 0 Å². The first-order valence-electron chi connectivity index (χ1n) is 4.59. The molecule has 13 heavy (non-hydrogen) atoms. The fourth-order valence-corrected chi connectivity index (χ4v) is 2.84. The molecule has 3 nitrogen and oxygen atoms in total. The summed E-state index contributed by atoms with van der Waals surface area (Å²) in [7, 11) is 2.12. The second kappa shape index (κ2) is 3.36. The van der Waals surface area contributed by atoms with Crippen LogP contribution in [0.2, 0.25) is 0 Å². The van der Waals surface area contributed by atoms with Gasteiger partial charge in [-0.3, -0.25) is 4.90 Å². The Balaban J connectivity index is 2.38. The van der Waals surface area contributed by atoms with E-state index in [9.17, 15) is 0 Å². The summed E-state index contributed by atoms with van der Waals surface area (Å²) in [5.74, 6) is 0. The zero-order chi connectivity index (χ0) is 9.42. The van der Waals surface area contributed by atoms with Gasteiger partial charge in [-0.25, -0.2) is 4.98 Å². The Labute approximate surface area is 82.6 Å². The molecule has 1 aromatic rings. The van der Waals surface area contributed by atoms with Crippen molar-refractivity contribution in [1.82, 2.24) is 9.88 Å². The molecule has 0 fully saturated rings. The van der Waals surface area contributed by atoms with Crippen molar-refractivity contribution >= 4 is 11.3 Å². The number of likely N-dealkylation sites (N-methyl/N-ethyl adjacent to an activating group) is 1. The largest absolute Gasteiger partial charge is 0.329 e. The maximum absolute atomic E-state index is 5.74. The lowest BCUT2D eigenvalue weighted by molar-refractivity contribution is 0.233. The van der Waals surface area contributed by atoms with Gasteiger partial charge in [0.1, 0.15) is 0 Å². The Morgan fingerprint density at radius 1 is 1.69 bits per heavy atom. The molecule has 0 aliphatic carbocycles. The number of nitrogens with zero attached hydrogens (tertiary/aromatic N) is 2. The lowest BCUT2D eigenvalue weighted by Gasteiger charge is -2.30. The molecule has 0 bridgehead atoms. The maximum atomic E-state index is 5.74. The van der Waals surface area contributed by atoms with Gasteiger partial charge in [0.15, 0.2) is 0 Å². The molecule has 0 spiro atoms. The summed E-state index contributed by atoms with van der Waals surface area (Å²) in [6, 6.07) is 0.341. The maximum Gasteiger partial charge on any atom is 0.0900 e. The van der Waals surface area contributed by atoms with Crippen LogP contribution >= 0.6 is 11.3 Å². The average Bonchev–Trinajstić information content (AvgIpc) is 2.45. The van der Waals surface area contributed by atoms with Gasteiger partial charge >= 0.3 is 0 Å². The summed E-state index contributed by atoms with van der Waals surface area (Å²) in [6.45, 7) is 3.85. The van der Waals surface area contributed by atoms with Crippen LogP contribution in [0.1, 0.15) is 21.6 Å². The molecular formula is C9H15N3S. The normalized spacial score (nSPS) is 23.2. The van der Waals surface area contributed by atoms with Gasteiger partial charge in [-0.2, -0.15) is 0 Å². The van der Waals surface area contributed by atoms with Gasteiger partial charge in [-0.1, -0.05) is 0 Å². The van der Waals surface area contributed by atoms with Crippen molar-refractivity contribution < 1.29 is 0 Å². The smallest absolute Gasteiger partial charge is 0.0900 e. The van der Waals surface area contributed by atoms with Crippen LogP contribution in [0.4, 0.5) is 0 Å². The van der Waals surface area contributed by atoms with Crippen molar-refractivity contribution in [3.8, 4) is 0 Å². The Bertz CT molecular complexity index is 308. The lowest BCUT2D eigenvalue weighted by atomic mass is 10.1. The highest BCUT2D eigenvalue weighted by Gasteiger charge is 2.26. The highest BCUT2D eigenvalue weighted by molar-refractivity contribution is 7.11. The molecule has 0 radical (unpaired) electrons. The molecule has 0 saturated heterocycles. The third-order valence-electron chi connectivity index (χ3n) is 2.60. The monoisotopic (exact) mass is 197 g/mol. The topological polar surface area (TPSA) is 42.2 Å². The van der Waals surface area contributed by atoms with E-state index in [4.69, 9.17) is 5.73 Å². The van der Waals surface area contributed by atoms with Crippen molar-refractivity contribution in [2.75, 3.05) is 20.1 Å². The lowest BCUT2D eigenvalue weighted by Crippen LogP contribution is -2.36. The molecule has 1 aliphatic rings. The highest BCUT2D eigenvalue weighted by Crippen LogP contribution is 2.30. The van der Waals surface area contributed by atoms with Crippen LogP contribution in [-0.2, 0) is 6.42 Å². The first-order chi connectivity index (χ1) is 6.22. The minimum atomic E-state index is 0.341. The van der Waals surface area contributed by atoms with Crippen LogP contribution in [0.5, 0.6) is 0 Å². The first-order valence-corrected chi connectivity index (χ1v) is 5.40. The third kappa shape index (κ3) is 1.49. The average molecular weight is 197 g/mol. The molecule has 72 valence electrons. The molecular weight excluding hydrogens is 182 g/mol. The quantitative estimate of drug-likeness (QED) is 0.728. The molecule has 2 rings (SSSR count). The van der Waals surface area contributed by atoms with Gasteiger partial charge in [0.2, 0.25) is 0 Å². The molecule has 0 aromatic carbocycles. The summed E-state index contributed by atoms with van der Waals surface area (Å²) >= 11 is 1.82. The van der Waals surface area contributed by atoms with Gasteiger partial charge in [0, 0.05) is 18.0 Å². The number of nitrogens with two attached hydrogens (primary N) is 1. The molecule has 2 N–H and O–H groups in total. The van der Waals surface area contributed by atoms with Crippen molar-refractivity contribution in [3.63, 3.8) is 0 Å². The van der Waals surface area contributed by atoms with E-state index in [1.54, 1.807) is 0 Å². The van der Waals surface area contributed by atoms with Crippen molar-refractivity contribution in [1.29, 1.82) is 0 Å². The van der Waals surface area contributed by atoms with Crippen molar-refractivity contribution in [2.45, 2.75) is 19.4 Å². The standard InChI is InChI=1S/C9H15N3S/c1-6-11-9-7(5-10)12(2)4-3-8(9)13-6/h7H,3-5,10H2,1-2H3. The van der Waals surface area contributed by atoms with Crippen LogP contribution < -0.4 is 5.73 Å². The summed E-state index contributed by atoms with van der Waals surface area (Å²) in [5, 5.41) is 1.17. The summed E-state index contributed by atoms with van der Waals surface area (Å²) in [6.07, 6.45) is 1.13. The van der Waals surface area contributed by atoms with E-state index in [1.165, 1.54) is 15.6 Å². The molecule has 1 aliphatic heterocycles. The Hall–Kier alpha value is -0.450.